The van der Waals surface area contributed by atoms with Crippen molar-refractivity contribution in [2.45, 2.75) is 26.2 Å². The third-order valence-corrected chi connectivity index (χ3v) is 13.0. The lowest BCUT2D eigenvalue weighted by atomic mass is 9.92. The van der Waals surface area contributed by atoms with Gasteiger partial charge in [0.15, 0.2) is 0 Å². The lowest BCUT2D eigenvalue weighted by Crippen LogP contribution is -2.12. The van der Waals surface area contributed by atoms with Crippen LogP contribution in [0.3, 0.4) is 0 Å². The Morgan fingerprint density at radius 1 is 0.382 bits per heavy atom. The van der Waals surface area contributed by atoms with Gasteiger partial charge in [-0.25, -0.2) is 0 Å². The van der Waals surface area contributed by atoms with E-state index in [1.807, 2.05) is 91.2 Å². The minimum Gasteiger partial charge on any atom is -0.309 e. The summed E-state index contributed by atoms with van der Waals surface area (Å²) < 4.78 is 90.8. The van der Waals surface area contributed by atoms with Gasteiger partial charge in [-0.2, -0.15) is 31.6 Å². The molecular weight excluding hydrogens is 865 g/mol. The number of aromatic nitrogens is 2. The van der Waals surface area contributed by atoms with E-state index in [-0.39, 0.29) is 11.6 Å². The van der Waals surface area contributed by atoms with Crippen LogP contribution in [0.4, 0.5) is 26.3 Å². The van der Waals surface area contributed by atoms with Crippen LogP contribution >= 0.6 is 0 Å². The Morgan fingerprint density at radius 3 is 1.40 bits per heavy atom. The fraction of sp³-hybridized carbons (Fsp3) is 0.0678. The molecule has 0 aliphatic heterocycles. The number of rotatable bonds is 6. The van der Waals surface area contributed by atoms with Gasteiger partial charge in [0.05, 0.1) is 56.2 Å². The largest absolute Gasteiger partial charge is 0.417 e. The zero-order chi connectivity index (χ0) is 47.1. The molecule has 0 N–H and O–H groups in total. The molecule has 0 aliphatic rings. The third-order valence-electron chi connectivity index (χ3n) is 13.0. The van der Waals surface area contributed by atoms with Crippen molar-refractivity contribution in [1.82, 2.24) is 9.13 Å². The molecular formula is C59H37F6N3. The van der Waals surface area contributed by atoms with Crippen molar-refractivity contribution in [1.29, 1.82) is 5.26 Å². The number of benzene rings is 9. The van der Waals surface area contributed by atoms with E-state index in [1.165, 1.54) is 6.07 Å². The standard InChI is InChI=1S/C59H37F6N3/c1-35-11-16-38(17-12-35)40-21-27-55-49(30-40)45-7-3-5-9-52(45)67(55)54-26-15-37(34-66)29-48(54)47-24-20-42(44-25-23-43(58(60,61)62)33-51(44)59(63,64)65)32-57(47)68-53-10-6-4-8-46(53)50-31-41(22-28-56(50)68)39-18-13-36(2)14-19-39/h3-33H,1-2H3. The first-order valence-electron chi connectivity index (χ1n) is 21.9. The summed E-state index contributed by atoms with van der Waals surface area (Å²) in [6, 6.07) is 59.2. The number of nitriles is 1. The summed E-state index contributed by atoms with van der Waals surface area (Å²) in [7, 11) is 0. The van der Waals surface area contributed by atoms with Gasteiger partial charge in [-0.05, 0) is 120 Å². The van der Waals surface area contributed by atoms with Crippen molar-refractivity contribution in [3.8, 4) is 62.0 Å². The smallest absolute Gasteiger partial charge is 0.309 e. The Labute approximate surface area is 387 Å². The quantitative estimate of drug-likeness (QED) is 0.153. The molecule has 3 nitrogen and oxygen atoms in total. The minimum absolute atomic E-state index is 0.0606. The predicted octanol–water partition coefficient (Wildman–Crippen LogP) is 17.1. The highest BCUT2D eigenvalue weighted by Crippen LogP contribution is 2.46. The molecule has 2 aromatic heterocycles. The summed E-state index contributed by atoms with van der Waals surface area (Å²) in [5.74, 6) is 0. The summed E-state index contributed by atoms with van der Waals surface area (Å²) in [6.45, 7) is 4.07. The van der Waals surface area contributed by atoms with E-state index >= 15 is 0 Å². The van der Waals surface area contributed by atoms with E-state index in [4.69, 9.17) is 0 Å². The number of hydrogen-bond donors (Lipinski definition) is 0. The Hall–Kier alpha value is -8.35. The molecule has 0 saturated heterocycles. The number of halogens is 6. The molecule has 2 heterocycles. The second-order valence-electron chi connectivity index (χ2n) is 17.2. The summed E-state index contributed by atoms with van der Waals surface area (Å²) in [6.07, 6.45) is -10.1. The summed E-state index contributed by atoms with van der Waals surface area (Å²) in [4.78, 5) is 0. The van der Waals surface area contributed by atoms with E-state index in [0.717, 1.165) is 83.1 Å². The third kappa shape index (κ3) is 7.17. The Bertz CT molecular complexity index is 3840. The van der Waals surface area contributed by atoms with Crippen LogP contribution in [-0.4, -0.2) is 9.13 Å². The zero-order valence-electron chi connectivity index (χ0n) is 36.5. The van der Waals surface area contributed by atoms with Gasteiger partial charge in [0, 0.05) is 32.7 Å². The maximum Gasteiger partial charge on any atom is 0.417 e. The van der Waals surface area contributed by atoms with Crippen molar-refractivity contribution in [3.05, 3.63) is 216 Å². The molecule has 0 bridgehead atoms. The van der Waals surface area contributed by atoms with Gasteiger partial charge in [-0.15, -0.1) is 0 Å². The van der Waals surface area contributed by atoms with Crippen molar-refractivity contribution in [2.75, 3.05) is 0 Å². The maximum atomic E-state index is 14.9. The van der Waals surface area contributed by atoms with Crippen LogP contribution in [0.2, 0.25) is 0 Å². The maximum absolute atomic E-state index is 14.9. The van der Waals surface area contributed by atoms with Gasteiger partial charge in [-0.1, -0.05) is 126 Å². The molecule has 0 spiro atoms. The highest BCUT2D eigenvalue weighted by Gasteiger charge is 2.38. The molecule has 11 aromatic rings. The number of para-hydroxylation sites is 2. The van der Waals surface area contributed by atoms with Crippen molar-refractivity contribution in [2.24, 2.45) is 0 Å². The SMILES string of the molecule is Cc1ccc(-c2ccc3c(c2)c2ccccc2n3-c2ccc(C#N)cc2-c2ccc(-c3ccc(C(F)(F)F)cc3C(F)(F)F)cc2-n2c3ccccc3c3cc(-c4ccc(C)cc4)ccc32)cc1. The highest BCUT2D eigenvalue weighted by molar-refractivity contribution is 6.13. The average molecular weight is 902 g/mol. The first kappa shape index (κ1) is 42.3. The second-order valence-corrected chi connectivity index (χ2v) is 17.2. The van der Waals surface area contributed by atoms with Crippen LogP contribution in [0.1, 0.15) is 27.8 Å². The fourth-order valence-corrected chi connectivity index (χ4v) is 9.65. The van der Waals surface area contributed by atoms with Gasteiger partial charge in [-0.3, -0.25) is 0 Å². The topological polar surface area (TPSA) is 33.6 Å². The van der Waals surface area contributed by atoms with Crippen molar-refractivity contribution >= 4 is 43.6 Å². The van der Waals surface area contributed by atoms with Crippen LogP contribution in [0.5, 0.6) is 0 Å². The van der Waals surface area contributed by atoms with Crippen molar-refractivity contribution in [3.63, 3.8) is 0 Å². The summed E-state index contributed by atoms with van der Waals surface area (Å²) in [5.41, 5.74) is 9.22. The molecule has 0 aliphatic carbocycles. The number of alkyl halides is 6. The highest BCUT2D eigenvalue weighted by atomic mass is 19.4. The molecule has 9 aromatic carbocycles. The normalized spacial score (nSPS) is 12.1. The lowest BCUT2D eigenvalue weighted by Gasteiger charge is -2.21. The lowest BCUT2D eigenvalue weighted by molar-refractivity contribution is -0.142. The Balaban J connectivity index is 1.22. The average Bonchev–Trinajstić information content (AvgIpc) is 3.85. The molecule has 0 unspecified atom stereocenters. The van der Waals surface area contributed by atoms with Gasteiger partial charge in [0.2, 0.25) is 0 Å². The van der Waals surface area contributed by atoms with Crippen LogP contribution in [0.15, 0.2) is 188 Å². The second kappa shape index (κ2) is 15.9. The predicted molar refractivity (Wildman–Crippen MR) is 261 cm³/mol. The molecule has 68 heavy (non-hydrogen) atoms. The van der Waals surface area contributed by atoms with Crippen molar-refractivity contribution < 1.29 is 26.3 Å². The summed E-state index contributed by atoms with van der Waals surface area (Å²) in [5, 5.41) is 14.2. The minimum atomic E-state index is -5.11. The molecule has 0 saturated carbocycles. The van der Waals surface area contributed by atoms with E-state index < -0.39 is 29.0 Å². The van der Waals surface area contributed by atoms with Gasteiger partial charge >= 0.3 is 12.4 Å². The molecule has 11 rings (SSSR count). The molecule has 0 atom stereocenters. The number of hydrogen-bond acceptors (Lipinski definition) is 1. The molecule has 0 radical (unpaired) electrons. The Morgan fingerprint density at radius 2 is 0.868 bits per heavy atom. The number of aryl methyl sites for hydroxylation is 2. The Kier molecular flexibility index (Phi) is 9.90. The summed E-state index contributed by atoms with van der Waals surface area (Å²) >= 11 is 0. The van der Waals surface area contributed by atoms with E-state index in [0.29, 0.717) is 34.1 Å². The molecule has 330 valence electrons. The number of nitrogens with zero attached hydrogens (tertiary/aromatic N) is 3. The monoisotopic (exact) mass is 901 g/mol. The number of fused-ring (bicyclic) bond motifs is 6. The van der Waals surface area contributed by atoms with E-state index in [9.17, 15) is 31.6 Å². The van der Waals surface area contributed by atoms with E-state index in [1.54, 1.807) is 24.3 Å². The van der Waals surface area contributed by atoms with Crippen LogP contribution < -0.4 is 0 Å². The van der Waals surface area contributed by atoms with Gasteiger partial charge in [0.1, 0.15) is 0 Å². The fourth-order valence-electron chi connectivity index (χ4n) is 9.65. The first-order valence-corrected chi connectivity index (χ1v) is 21.9. The van der Waals surface area contributed by atoms with Gasteiger partial charge < -0.3 is 9.13 Å². The zero-order valence-corrected chi connectivity index (χ0v) is 36.5. The van der Waals surface area contributed by atoms with Crippen LogP contribution in [0, 0.1) is 25.2 Å². The van der Waals surface area contributed by atoms with Crippen LogP contribution in [0.25, 0.3) is 99.5 Å². The van der Waals surface area contributed by atoms with Crippen LogP contribution in [-0.2, 0) is 12.4 Å². The first-order chi connectivity index (χ1) is 32.7. The van der Waals surface area contributed by atoms with Gasteiger partial charge in [0.25, 0.3) is 0 Å². The van der Waals surface area contributed by atoms with E-state index in [2.05, 4.69) is 77.4 Å². The molecule has 0 fully saturated rings. The molecule has 0 amide bonds. The molecule has 9 heteroatoms.